The molecule has 4 atom stereocenters. The van der Waals surface area contributed by atoms with E-state index in [-0.39, 0.29) is 18.8 Å². The molecule has 0 bridgehead atoms. The Labute approximate surface area is 201 Å². The van der Waals surface area contributed by atoms with Crippen molar-refractivity contribution in [3.05, 3.63) is 104 Å². The number of H-pyrrole nitrogens is 1. The van der Waals surface area contributed by atoms with Crippen molar-refractivity contribution in [2.45, 2.75) is 44.6 Å². The zero-order valence-electron chi connectivity index (χ0n) is 19.3. The summed E-state index contributed by atoms with van der Waals surface area (Å²) in [6.45, 7) is 3.02. The lowest BCUT2D eigenvalue weighted by molar-refractivity contribution is -0.151. The normalized spacial score (nSPS) is 20.4. The third kappa shape index (κ3) is 5.31. The summed E-state index contributed by atoms with van der Waals surface area (Å²) in [7, 11) is 0. The third-order valence-corrected chi connectivity index (χ3v) is 6.09. The van der Waals surface area contributed by atoms with Gasteiger partial charge in [-0.2, -0.15) is 0 Å². The monoisotopic (exact) mass is 478 g/mol. The van der Waals surface area contributed by atoms with Crippen molar-refractivity contribution < 1.29 is 24.2 Å². The van der Waals surface area contributed by atoms with E-state index in [0.29, 0.717) is 22.3 Å². The number of ketones is 1. The number of aliphatic hydroxyl groups is 1. The number of carbonyl (C=O) groups excluding carboxylic acids is 2. The predicted molar refractivity (Wildman–Crippen MR) is 126 cm³/mol. The predicted octanol–water partition coefficient (Wildman–Crippen LogP) is 2.07. The average Bonchev–Trinajstić information content (AvgIpc) is 3.24. The Bertz CT molecular complexity index is 1350. The second-order valence-corrected chi connectivity index (χ2v) is 8.58. The lowest BCUT2D eigenvalue weighted by atomic mass is 9.96. The molecule has 0 amide bonds. The molecule has 1 aliphatic heterocycles. The van der Waals surface area contributed by atoms with Gasteiger partial charge in [0, 0.05) is 29.3 Å². The van der Waals surface area contributed by atoms with Crippen LogP contribution in [0.5, 0.6) is 0 Å². The van der Waals surface area contributed by atoms with Crippen LogP contribution in [0.15, 0.2) is 70.4 Å². The van der Waals surface area contributed by atoms with Gasteiger partial charge in [0.1, 0.15) is 18.9 Å². The molecule has 2 aromatic carbocycles. The number of carbonyl (C=O) groups is 2. The lowest BCUT2D eigenvalue weighted by Crippen LogP contribution is -2.33. The van der Waals surface area contributed by atoms with E-state index in [1.54, 1.807) is 62.4 Å². The number of nitrogens with zero attached hydrogens (tertiary/aromatic N) is 1. The molecule has 1 saturated heterocycles. The van der Waals surface area contributed by atoms with Gasteiger partial charge in [-0.25, -0.2) is 4.79 Å². The smallest absolute Gasteiger partial charge is 0.330 e. The maximum Gasteiger partial charge on any atom is 0.330 e. The van der Waals surface area contributed by atoms with Gasteiger partial charge in [-0.3, -0.25) is 23.9 Å². The Kier molecular flexibility index (Phi) is 7.09. The SMILES string of the molecule is Cc1cn([C@H]2C[C@H](O)[C@@H](COC(=O)[C@@H](C)c3cccc(C(=O)c4ccccc4)c3)O2)c(=O)[nH]c1=O. The first-order chi connectivity index (χ1) is 16.7. The van der Waals surface area contributed by atoms with Crippen molar-refractivity contribution >= 4 is 11.8 Å². The Hall–Kier alpha value is -3.82. The molecular weight excluding hydrogens is 452 g/mol. The third-order valence-electron chi connectivity index (χ3n) is 6.09. The van der Waals surface area contributed by atoms with Gasteiger partial charge < -0.3 is 14.6 Å². The fourth-order valence-electron chi connectivity index (χ4n) is 3.97. The summed E-state index contributed by atoms with van der Waals surface area (Å²) in [6, 6.07) is 15.7. The molecule has 2 N–H and O–H groups in total. The van der Waals surface area contributed by atoms with Gasteiger partial charge in [-0.1, -0.05) is 48.5 Å². The first-order valence-electron chi connectivity index (χ1n) is 11.3. The van der Waals surface area contributed by atoms with Crippen LogP contribution in [0.2, 0.25) is 0 Å². The molecule has 0 radical (unpaired) electrons. The maximum atomic E-state index is 12.7. The quantitative estimate of drug-likeness (QED) is 0.393. The maximum absolute atomic E-state index is 12.7. The van der Waals surface area contributed by atoms with Crippen LogP contribution in [0.3, 0.4) is 0 Å². The standard InChI is InChI=1S/C26H26N2O7/c1-15-13-28(26(33)27-24(15)31)22-12-20(29)21(35-22)14-34-25(32)16(2)18-9-6-10-19(11-18)23(30)17-7-4-3-5-8-17/h3-11,13,16,20-22,29H,12,14H2,1-2H3,(H,27,31,33)/t16-,20-,21+,22+/m0/s1. The summed E-state index contributed by atoms with van der Waals surface area (Å²) >= 11 is 0. The number of hydrogen-bond donors (Lipinski definition) is 2. The molecule has 4 rings (SSSR count). The van der Waals surface area contributed by atoms with Gasteiger partial charge in [-0.15, -0.1) is 0 Å². The number of ether oxygens (including phenoxy) is 2. The molecule has 35 heavy (non-hydrogen) atoms. The topological polar surface area (TPSA) is 128 Å². The van der Waals surface area contributed by atoms with E-state index in [1.807, 2.05) is 6.07 Å². The van der Waals surface area contributed by atoms with Crippen LogP contribution < -0.4 is 11.2 Å². The zero-order chi connectivity index (χ0) is 25.1. The molecule has 0 spiro atoms. The fourth-order valence-corrected chi connectivity index (χ4v) is 3.97. The van der Waals surface area contributed by atoms with Gasteiger partial charge in [0.25, 0.3) is 5.56 Å². The molecule has 9 nitrogen and oxygen atoms in total. The summed E-state index contributed by atoms with van der Waals surface area (Å²) in [5.41, 5.74) is 0.843. The van der Waals surface area contributed by atoms with Gasteiger partial charge >= 0.3 is 11.7 Å². The summed E-state index contributed by atoms with van der Waals surface area (Å²) in [6.07, 6.45) is -1.11. The van der Waals surface area contributed by atoms with Crippen molar-refractivity contribution in [3.8, 4) is 0 Å². The number of nitrogens with one attached hydrogen (secondary N) is 1. The van der Waals surface area contributed by atoms with Crippen LogP contribution in [-0.4, -0.2) is 45.2 Å². The van der Waals surface area contributed by atoms with E-state index in [0.717, 1.165) is 0 Å². The van der Waals surface area contributed by atoms with Gasteiger partial charge in [0.2, 0.25) is 0 Å². The van der Waals surface area contributed by atoms with Crippen LogP contribution >= 0.6 is 0 Å². The van der Waals surface area contributed by atoms with Crippen molar-refractivity contribution in [2.24, 2.45) is 0 Å². The van der Waals surface area contributed by atoms with Gasteiger partial charge in [0.05, 0.1) is 12.0 Å². The van der Waals surface area contributed by atoms with Crippen molar-refractivity contribution in [1.82, 2.24) is 9.55 Å². The molecule has 1 aromatic heterocycles. The van der Waals surface area contributed by atoms with Crippen LogP contribution in [0.1, 0.15) is 52.5 Å². The van der Waals surface area contributed by atoms with E-state index in [4.69, 9.17) is 9.47 Å². The summed E-state index contributed by atoms with van der Waals surface area (Å²) in [4.78, 5) is 51.3. The van der Waals surface area contributed by atoms with E-state index in [2.05, 4.69) is 4.98 Å². The van der Waals surface area contributed by atoms with Crippen molar-refractivity contribution in [1.29, 1.82) is 0 Å². The number of rotatable bonds is 7. The fraction of sp³-hybridized carbons (Fsp3) is 0.308. The molecule has 0 unspecified atom stereocenters. The molecule has 3 aromatic rings. The second kappa shape index (κ2) is 10.2. The van der Waals surface area contributed by atoms with Crippen molar-refractivity contribution in [2.75, 3.05) is 6.61 Å². The zero-order valence-corrected chi connectivity index (χ0v) is 19.3. The van der Waals surface area contributed by atoms with Crippen LogP contribution in [0, 0.1) is 6.92 Å². The number of aryl methyl sites for hydroxylation is 1. The Morgan fingerprint density at radius 2 is 1.86 bits per heavy atom. The largest absolute Gasteiger partial charge is 0.462 e. The Morgan fingerprint density at radius 1 is 1.14 bits per heavy atom. The highest BCUT2D eigenvalue weighted by atomic mass is 16.6. The van der Waals surface area contributed by atoms with Crippen LogP contribution in [-0.2, 0) is 14.3 Å². The van der Waals surface area contributed by atoms with Crippen molar-refractivity contribution in [3.63, 3.8) is 0 Å². The summed E-state index contributed by atoms with van der Waals surface area (Å²) in [5.74, 6) is -1.34. The highest BCUT2D eigenvalue weighted by Gasteiger charge is 2.36. The highest BCUT2D eigenvalue weighted by Crippen LogP contribution is 2.28. The summed E-state index contributed by atoms with van der Waals surface area (Å²) in [5, 5.41) is 10.4. The number of aliphatic hydroxyl groups excluding tert-OH is 1. The number of aromatic nitrogens is 2. The van der Waals surface area contributed by atoms with Crippen LogP contribution in [0.25, 0.3) is 0 Å². The summed E-state index contributed by atoms with van der Waals surface area (Å²) < 4.78 is 12.3. The van der Waals surface area contributed by atoms with Gasteiger partial charge in [-0.05, 0) is 25.5 Å². The molecule has 0 aliphatic carbocycles. The first-order valence-corrected chi connectivity index (χ1v) is 11.3. The molecule has 9 heteroatoms. The number of esters is 1. The minimum atomic E-state index is -0.964. The molecular formula is C26H26N2O7. The number of hydrogen-bond acceptors (Lipinski definition) is 7. The molecule has 1 aliphatic rings. The Morgan fingerprint density at radius 3 is 2.60 bits per heavy atom. The number of aromatic amines is 1. The molecule has 182 valence electrons. The van der Waals surface area contributed by atoms with Gasteiger partial charge in [0.15, 0.2) is 5.78 Å². The molecule has 0 saturated carbocycles. The average molecular weight is 479 g/mol. The van der Waals surface area contributed by atoms with Crippen LogP contribution in [0.4, 0.5) is 0 Å². The van der Waals surface area contributed by atoms with E-state index in [9.17, 15) is 24.3 Å². The minimum absolute atomic E-state index is 0.104. The van der Waals surface area contributed by atoms with E-state index >= 15 is 0 Å². The number of benzene rings is 2. The molecule has 2 heterocycles. The first kappa shape index (κ1) is 24.3. The minimum Gasteiger partial charge on any atom is -0.462 e. The highest BCUT2D eigenvalue weighted by molar-refractivity contribution is 6.09. The van der Waals surface area contributed by atoms with E-state index < -0.39 is 41.6 Å². The lowest BCUT2D eigenvalue weighted by Gasteiger charge is -2.18. The molecule has 1 fully saturated rings. The van der Waals surface area contributed by atoms with E-state index in [1.165, 1.54) is 10.8 Å². The second-order valence-electron chi connectivity index (χ2n) is 8.58. The Balaban J connectivity index is 1.39.